The molecule has 4 aliphatic carbocycles. The van der Waals surface area contributed by atoms with E-state index in [9.17, 15) is 15.3 Å². The van der Waals surface area contributed by atoms with E-state index < -0.39 is 0 Å². The smallest absolute Gasteiger partial charge is 0.0602 e. The van der Waals surface area contributed by atoms with Gasteiger partial charge in [-0.2, -0.15) is 0 Å². The lowest BCUT2D eigenvalue weighted by molar-refractivity contribution is -0.207. The molecule has 27 heavy (non-hydrogen) atoms. The Morgan fingerprint density at radius 2 is 1.70 bits per heavy atom. The molecule has 0 bridgehead atoms. The number of fused-ring (bicyclic) bond motifs is 5. The molecule has 0 amide bonds. The molecule has 3 heteroatoms. The minimum absolute atomic E-state index is 0.0336. The second-order valence-electron chi connectivity index (χ2n) is 11.3. The van der Waals surface area contributed by atoms with Crippen LogP contribution in [0.25, 0.3) is 0 Å². The van der Waals surface area contributed by atoms with E-state index in [0.29, 0.717) is 35.5 Å². The van der Waals surface area contributed by atoms with Crippen molar-refractivity contribution in [1.82, 2.24) is 0 Å². The maximum absolute atomic E-state index is 11.5. The average Bonchev–Trinajstić information content (AvgIpc) is 2.96. The lowest BCUT2D eigenvalue weighted by Crippen LogP contribution is -2.62. The van der Waals surface area contributed by atoms with Crippen molar-refractivity contribution in [2.24, 2.45) is 46.3 Å². The first-order valence-corrected chi connectivity index (χ1v) is 11.8. The first kappa shape index (κ1) is 20.2. The zero-order valence-electron chi connectivity index (χ0n) is 17.9. The van der Waals surface area contributed by atoms with E-state index in [1.807, 2.05) is 0 Å². The molecule has 4 saturated carbocycles. The van der Waals surface area contributed by atoms with Gasteiger partial charge < -0.3 is 15.3 Å². The number of aliphatic hydroxyl groups excluding tert-OH is 3. The highest BCUT2D eigenvalue weighted by atomic mass is 16.3. The fourth-order valence-electron chi connectivity index (χ4n) is 8.79. The third-order valence-electron chi connectivity index (χ3n) is 10.3. The topological polar surface area (TPSA) is 60.7 Å². The predicted octanol–water partition coefficient (Wildman–Crippen LogP) is 4.38. The summed E-state index contributed by atoms with van der Waals surface area (Å²) in [5.41, 5.74) is 0.146. The van der Waals surface area contributed by atoms with Crippen molar-refractivity contribution >= 4 is 0 Å². The van der Waals surface area contributed by atoms with Crippen LogP contribution in [-0.2, 0) is 0 Å². The number of hydrogen-bond acceptors (Lipinski definition) is 3. The van der Waals surface area contributed by atoms with E-state index >= 15 is 0 Å². The Balaban J connectivity index is 1.66. The van der Waals surface area contributed by atoms with Gasteiger partial charge in [0.2, 0.25) is 0 Å². The van der Waals surface area contributed by atoms with Crippen LogP contribution in [0.4, 0.5) is 0 Å². The van der Waals surface area contributed by atoms with Crippen LogP contribution in [-0.4, -0.2) is 33.6 Å². The molecular weight excluding hydrogens is 336 g/mol. The van der Waals surface area contributed by atoms with Crippen molar-refractivity contribution in [3.63, 3.8) is 0 Å². The van der Waals surface area contributed by atoms with Gasteiger partial charge in [-0.15, -0.1) is 0 Å². The maximum atomic E-state index is 11.5. The van der Waals surface area contributed by atoms with Crippen LogP contribution in [0.2, 0.25) is 0 Å². The third kappa shape index (κ3) is 2.86. The highest BCUT2D eigenvalue weighted by Crippen LogP contribution is 2.68. The minimum atomic E-state index is -0.254. The van der Waals surface area contributed by atoms with Gasteiger partial charge in [-0.1, -0.05) is 40.5 Å². The number of hydrogen-bond donors (Lipinski definition) is 3. The lowest BCUT2D eigenvalue weighted by atomic mass is 9.43. The molecule has 0 aromatic rings. The lowest BCUT2D eigenvalue weighted by Gasteiger charge is -2.63. The van der Waals surface area contributed by atoms with Crippen molar-refractivity contribution in [2.45, 2.75) is 104 Å². The van der Waals surface area contributed by atoms with Crippen molar-refractivity contribution in [3.8, 4) is 0 Å². The average molecular weight is 379 g/mol. The van der Waals surface area contributed by atoms with Gasteiger partial charge in [0, 0.05) is 0 Å². The SMILES string of the molecule is CCCC(C)C1CC[C@H]2[C@H]3C(O)C[C@@H]4C[C@H](O)CCC4(C)C3CC(O)C12C. The summed E-state index contributed by atoms with van der Waals surface area (Å²) in [5.74, 6) is 2.86. The Morgan fingerprint density at radius 1 is 0.963 bits per heavy atom. The first-order chi connectivity index (χ1) is 12.7. The highest BCUT2D eigenvalue weighted by molar-refractivity contribution is 5.14. The van der Waals surface area contributed by atoms with Crippen molar-refractivity contribution in [1.29, 1.82) is 0 Å². The van der Waals surface area contributed by atoms with Gasteiger partial charge in [-0.25, -0.2) is 0 Å². The van der Waals surface area contributed by atoms with Crippen molar-refractivity contribution in [2.75, 3.05) is 0 Å². The molecule has 3 N–H and O–H groups in total. The Kier molecular flexibility index (Phi) is 5.22. The Hall–Kier alpha value is -0.120. The molecule has 7 unspecified atom stereocenters. The Labute approximate surface area is 165 Å². The number of aliphatic hydroxyl groups is 3. The standard InChI is InChI=1S/C24H42O3/c1-5-6-14(2)17-7-8-18-22-19(13-21(27)24(17,18)4)23(3)10-9-16(25)11-15(23)12-20(22)26/h14-22,25-27H,5-13H2,1-4H3/t14?,15-,16+,17?,18-,19?,20?,21?,22+,23?,24?/m0/s1. The van der Waals surface area contributed by atoms with Gasteiger partial charge in [0.1, 0.15) is 0 Å². The molecule has 0 spiro atoms. The van der Waals surface area contributed by atoms with E-state index in [2.05, 4.69) is 27.7 Å². The van der Waals surface area contributed by atoms with Crippen LogP contribution < -0.4 is 0 Å². The summed E-state index contributed by atoms with van der Waals surface area (Å²) < 4.78 is 0. The molecule has 156 valence electrons. The fourth-order valence-corrected chi connectivity index (χ4v) is 8.79. The highest BCUT2D eigenvalue weighted by Gasteiger charge is 2.65. The Morgan fingerprint density at radius 3 is 2.41 bits per heavy atom. The molecule has 0 aromatic heterocycles. The quantitative estimate of drug-likeness (QED) is 0.683. The molecule has 0 aromatic carbocycles. The van der Waals surface area contributed by atoms with E-state index in [1.165, 1.54) is 25.7 Å². The second-order valence-corrected chi connectivity index (χ2v) is 11.3. The van der Waals surface area contributed by atoms with Crippen LogP contribution in [0.5, 0.6) is 0 Å². The summed E-state index contributed by atoms with van der Waals surface area (Å²) >= 11 is 0. The molecule has 4 fully saturated rings. The van der Waals surface area contributed by atoms with Gasteiger partial charge in [-0.05, 0) is 91.3 Å². The van der Waals surface area contributed by atoms with E-state index in [1.54, 1.807) is 0 Å². The largest absolute Gasteiger partial charge is 0.393 e. The minimum Gasteiger partial charge on any atom is -0.393 e. The van der Waals surface area contributed by atoms with Crippen molar-refractivity contribution < 1.29 is 15.3 Å². The fraction of sp³-hybridized carbons (Fsp3) is 1.00. The van der Waals surface area contributed by atoms with Gasteiger partial charge in [0.05, 0.1) is 18.3 Å². The van der Waals surface area contributed by atoms with Gasteiger partial charge >= 0.3 is 0 Å². The van der Waals surface area contributed by atoms with E-state index in [0.717, 1.165) is 32.1 Å². The van der Waals surface area contributed by atoms with Gasteiger partial charge in [0.15, 0.2) is 0 Å². The summed E-state index contributed by atoms with van der Waals surface area (Å²) in [6.45, 7) is 9.42. The molecule has 4 aliphatic rings. The Bertz CT molecular complexity index is 550. The third-order valence-corrected chi connectivity index (χ3v) is 10.3. The summed E-state index contributed by atoms with van der Waals surface area (Å²) in [5, 5.41) is 32.9. The second kappa shape index (κ2) is 6.99. The summed E-state index contributed by atoms with van der Waals surface area (Å²) in [7, 11) is 0. The zero-order chi connectivity index (χ0) is 19.6. The van der Waals surface area contributed by atoms with Crippen molar-refractivity contribution in [3.05, 3.63) is 0 Å². The van der Waals surface area contributed by atoms with Gasteiger partial charge in [-0.3, -0.25) is 0 Å². The number of rotatable bonds is 3. The molecular formula is C24H42O3. The van der Waals surface area contributed by atoms with Crippen LogP contribution in [0.1, 0.15) is 85.5 Å². The molecule has 0 radical (unpaired) electrons. The summed E-state index contributed by atoms with van der Waals surface area (Å²) in [4.78, 5) is 0. The molecule has 11 atom stereocenters. The molecule has 0 aliphatic heterocycles. The van der Waals surface area contributed by atoms with Crippen LogP contribution in [0, 0.1) is 46.3 Å². The van der Waals surface area contributed by atoms with Gasteiger partial charge in [0.25, 0.3) is 0 Å². The summed E-state index contributed by atoms with van der Waals surface area (Å²) in [6, 6.07) is 0. The molecule has 4 rings (SSSR count). The maximum Gasteiger partial charge on any atom is 0.0602 e. The molecule has 0 heterocycles. The zero-order valence-corrected chi connectivity index (χ0v) is 17.9. The van der Waals surface area contributed by atoms with Crippen LogP contribution in [0.15, 0.2) is 0 Å². The van der Waals surface area contributed by atoms with Crippen LogP contribution >= 0.6 is 0 Å². The van der Waals surface area contributed by atoms with E-state index in [-0.39, 0.29) is 29.1 Å². The first-order valence-electron chi connectivity index (χ1n) is 11.8. The predicted molar refractivity (Wildman–Crippen MR) is 108 cm³/mol. The molecule has 3 nitrogen and oxygen atoms in total. The van der Waals surface area contributed by atoms with E-state index in [4.69, 9.17) is 0 Å². The normalized spacial score (nSPS) is 56.1. The summed E-state index contributed by atoms with van der Waals surface area (Å²) in [6.07, 6.45) is 8.64. The monoisotopic (exact) mass is 378 g/mol. The van der Waals surface area contributed by atoms with Crippen LogP contribution in [0.3, 0.4) is 0 Å². The molecule has 0 saturated heterocycles.